The van der Waals surface area contributed by atoms with Crippen molar-refractivity contribution in [3.05, 3.63) is 46.0 Å². The maximum Gasteiger partial charge on any atom is 0.385 e. The molecule has 114 valence electrons. The Morgan fingerprint density at radius 3 is 2.52 bits per heavy atom. The minimum absolute atomic E-state index is 0.234. The summed E-state index contributed by atoms with van der Waals surface area (Å²) in [5.74, 6) is -0.930. The number of nitro groups is 1. The van der Waals surface area contributed by atoms with Gasteiger partial charge in [-0.2, -0.15) is 0 Å². The molecule has 5 heteroatoms. The van der Waals surface area contributed by atoms with E-state index in [1.54, 1.807) is 20.8 Å². The summed E-state index contributed by atoms with van der Waals surface area (Å²) in [7, 11) is 0. The lowest BCUT2D eigenvalue weighted by Crippen LogP contribution is -2.40. The van der Waals surface area contributed by atoms with Crippen LogP contribution in [-0.4, -0.2) is 22.0 Å². The lowest BCUT2D eigenvalue weighted by atomic mass is 10.0. The van der Waals surface area contributed by atoms with Gasteiger partial charge in [0, 0.05) is 17.3 Å². The molecule has 1 fully saturated rings. The molecule has 21 heavy (non-hydrogen) atoms. The van der Waals surface area contributed by atoms with E-state index < -0.39 is 22.0 Å². The Morgan fingerprint density at radius 2 is 2.00 bits per heavy atom. The highest BCUT2D eigenvalue weighted by Crippen LogP contribution is 2.50. The number of ether oxygens (including phenoxy) is 1. The Bertz CT molecular complexity index is 535. The van der Waals surface area contributed by atoms with E-state index in [-0.39, 0.29) is 12.3 Å². The molecule has 0 amide bonds. The van der Waals surface area contributed by atoms with Gasteiger partial charge in [0.05, 0.1) is 0 Å². The van der Waals surface area contributed by atoms with Crippen LogP contribution >= 0.6 is 0 Å². The number of hydrogen-bond donors (Lipinski definition) is 0. The summed E-state index contributed by atoms with van der Waals surface area (Å²) in [6, 6.07) is 9.80. The zero-order valence-corrected chi connectivity index (χ0v) is 12.7. The minimum Gasteiger partial charge on any atom is -0.455 e. The van der Waals surface area contributed by atoms with Gasteiger partial charge in [-0.05, 0) is 39.2 Å². The molecule has 0 unspecified atom stereocenters. The number of rotatable bonds is 5. The van der Waals surface area contributed by atoms with Crippen molar-refractivity contribution >= 4 is 5.97 Å². The molecule has 0 bridgehead atoms. The number of hydrogen-bond acceptors (Lipinski definition) is 4. The predicted octanol–water partition coefficient (Wildman–Crippen LogP) is 3.00. The van der Waals surface area contributed by atoms with Crippen LogP contribution in [0, 0.1) is 16.0 Å². The molecule has 0 saturated heterocycles. The molecule has 1 aliphatic carbocycles. The fourth-order valence-electron chi connectivity index (χ4n) is 2.56. The highest BCUT2D eigenvalue weighted by Gasteiger charge is 2.73. The first kappa shape index (κ1) is 15.5. The van der Waals surface area contributed by atoms with Crippen LogP contribution in [0.5, 0.6) is 0 Å². The first-order chi connectivity index (χ1) is 9.75. The molecule has 0 aliphatic heterocycles. The van der Waals surface area contributed by atoms with Crippen molar-refractivity contribution in [3.63, 3.8) is 0 Å². The first-order valence-electron chi connectivity index (χ1n) is 7.17. The van der Waals surface area contributed by atoms with Crippen LogP contribution in [0.4, 0.5) is 0 Å². The molecular formula is C16H21NO4. The van der Waals surface area contributed by atoms with Gasteiger partial charge in [-0.3, -0.25) is 10.1 Å². The lowest BCUT2D eigenvalue weighted by molar-refractivity contribution is -0.530. The van der Waals surface area contributed by atoms with Crippen molar-refractivity contribution in [3.8, 4) is 0 Å². The minimum atomic E-state index is -1.53. The molecule has 1 aliphatic rings. The number of carbonyl (C=O) groups is 1. The number of aryl methyl sites for hydroxylation is 1. The Balaban J connectivity index is 2.00. The quantitative estimate of drug-likeness (QED) is 0.475. The average Bonchev–Trinajstić information content (AvgIpc) is 3.11. The van der Waals surface area contributed by atoms with Gasteiger partial charge in [0.1, 0.15) is 5.60 Å². The summed E-state index contributed by atoms with van der Waals surface area (Å²) in [4.78, 5) is 23.0. The number of esters is 1. The largest absolute Gasteiger partial charge is 0.455 e. The van der Waals surface area contributed by atoms with Crippen molar-refractivity contribution in [1.29, 1.82) is 0 Å². The molecule has 1 aromatic rings. The molecular weight excluding hydrogens is 270 g/mol. The molecule has 0 spiro atoms. The molecule has 0 heterocycles. The second-order valence-electron chi connectivity index (χ2n) is 6.61. The van der Waals surface area contributed by atoms with Crippen molar-refractivity contribution in [2.75, 3.05) is 0 Å². The van der Waals surface area contributed by atoms with Gasteiger partial charge in [0.15, 0.2) is 0 Å². The normalized spacial score (nSPS) is 24.4. The monoisotopic (exact) mass is 291 g/mol. The van der Waals surface area contributed by atoms with Gasteiger partial charge in [0.2, 0.25) is 0 Å². The van der Waals surface area contributed by atoms with Crippen LogP contribution in [0.2, 0.25) is 0 Å². The Labute approximate surface area is 124 Å². The molecule has 2 rings (SSSR count). The number of nitrogens with zero attached hydrogens (tertiary/aromatic N) is 1. The predicted molar refractivity (Wildman–Crippen MR) is 78.4 cm³/mol. The average molecular weight is 291 g/mol. The maximum absolute atomic E-state index is 12.1. The summed E-state index contributed by atoms with van der Waals surface area (Å²) in [6.07, 6.45) is 1.65. The van der Waals surface area contributed by atoms with Crippen LogP contribution in [0.25, 0.3) is 0 Å². The smallest absolute Gasteiger partial charge is 0.385 e. The van der Waals surface area contributed by atoms with Crippen molar-refractivity contribution in [2.24, 2.45) is 5.92 Å². The summed E-state index contributed by atoms with van der Waals surface area (Å²) in [5, 5.41) is 11.3. The van der Waals surface area contributed by atoms with Crippen LogP contribution < -0.4 is 0 Å². The van der Waals surface area contributed by atoms with Gasteiger partial charge in [0.25, 0.3) is 0 Å². The molecule has 0 radical (unpaired) electrons. The molecule has 5 nitrogen and oxygen atoms in total. The summed E-state index contributed by atoms with van der Waals surface area (Å²) < 4.78 is 5.23. The van der Waals surface area contributed by atoms with Crippen LogP contribution in [0.1, 0.15) is 39.2 Å². The van der Waals surface area contributed by atoms with Crippen LogP contribution in [0.3, 0.4) is 0 Å². The van der Waals surface area contributed by atoms with Gasteiger partial charge < -0.3 is 4.74 Å². The van der Waals surface area contributed by atoms with E-state index in [9.17, 15) is 14.9 Å². The van der Waals surface area contributed by atoms with Gasteiger partial charge in [-0.15, -0.1) is 0 Å². The third-order valence-electron chi connectivity index (χ3n) is 3.78. The van der Waals surface area contributed by atoms with Crippen molar-refractivity contribution in [1.82, 2.24) is 0 Å². The Hall–Kier alpha value is -1.91. The Kier molecular flexibility index (Phi) is 4.03. The van der Waals surface area contributed by atoms with Gasteiger partial charge >= 0.3 is 11.5 Å². The first-order valence-corrected chi connectivity index (χ1v) is 7.17. The Morgan fingerprint density at radius 1 is 1.38 bits per heavy atom. The molecule has 0 aromatic heterocycles. The molecule has 2 atom stereocenters. The van der Waals surface area contributed by atoms with Crippen molar-refractivity contribution in [2.45, 2.75) is 51.2 Å². The topological polar surface area (TPSA) is 69.4 Å². The fourth-order valence-corrected chi connectivity index (χ4v) is 2.56. The number of carbonyl (C=O) groups excluding carboxylic acids is 1. The summed E-state index contributed by atoms with van der Waals surface area (Å²) in [5.41, 5.74) is -1.10. The van der Waals surface area contributed by atoms with E-state index in [0.717, 1.165) is 12.0 Å². The maximum atomic E-state index is 12.1. The lowest BCUT2D eigenvalue weighted by Gasteiger charge is -2.21. The van der Waals surface area contributed by atoms with Gasteiger partial charge in [-0.1, -0.05) is 30.3 Å². The van der Waals surface area contributed by atoms with E-state index in [2.05, 4.69) is 0 Å². The molecule has 1 saturated carbocycles. The van der Waals surface area contributed by atoms with E-state index >= 15 is 0 Å². The fraction of sp³-hybridized carbons (Fsp3) is 0.562. The number of benzene rings is 1. The highest BCUT2D eigenvalue weighted by atomic mass is 16.6. The third-order valence-corrected chi connectivity index (χ3v) is 3.78. The van der Waals surface area contributed by atoms with E-state index in [1.165, 1.54) is 0 Å². The summed E-state index contributed by atoms with van der Waals surface area (Å²) >= 11 is 0. The van der Waals surface area contributed by atoms with E-state index in [0.29, 0.717) is 6.42 Å². The second-order valence-corrected chi connectivity index (χ2v) is 6.61. The standard InChI is InChI=1S/C16H21NO4/c1-15(2,3)21-14(18)16(17(19)20)11-13(16)10-9-12-7-5-4-6-8-12/h4-8,13H,9-11H2,1-3H3/t13-,16+/m1/s1. The SMILES string of the molecule is CC(C)(C)OC(=O)[C@]1([N+](=O)[O-])C[C@H]1CCc1ccccc1. The van der Waals surface area contributed by atoms with Gasteiger partial charge in [-0.25, -0.2) is 4.79 Å². The molecule has 1 aromatic carbocycles. The summed E-state index contributed by atoms with van der Waals surface area (Å²) in [6.45, 7) is 5.17. The molecule has 0 N–H and O–H groups in total. The third kappa shape index (κ3) is 3.40. The van der Waals surface area contributed by atoms with E-state index in [4.69, 9.17) is 4.74 Å². The van der Waals surface area contributed by atoms with Crippen LogP contribution in [0.15, 0.2) is 30.3 Å². The zero-order chi connectivity index (χ0) is 15.7. The van der Waals surface area contributed by atoms with Crippen LogP contribution in [-0.2, 0) is 16.0 Å². The van der Waals surface area contributed by atoms with Crippen molar-refractivity contribution < 1.29 is 14.5 Å². The zero-order valence-electron chi connectivity index (χ0n) is 12.7. The highest BCUT2D eigenvalue weighted by molar-refractivity contribution is 5.83. The van der Waals surface area contributed by atoms with E-state index in [1.807, 2.05) is 30.3 Å². The second kappa shape index (κ2) is 5.47.